The van der Waals surface area contributed by atoms with Crippen LogP contribution in [-0.2, 0) is 18.6 Å². The number of aromatic nitrogens is 2. The van der Waals surface area contributed by atoms with E-state index in [1.165, 1.54) is 23.6 Å². The third-order valence-corrected chi connectivity index (χ3v) is 6.16. The van der Waals surface area contributed by atoms with Crippen LogP contribution in [0.25, 0.3) is 5.69 Å². The van der Waals surface area contributed by atoms with E-state index in [9.17, 15) is 9.59 Å². The van der Waals surface area contributed by atoms with E-state index in [0.29, 0.717) is 5.56 Å². The number of carbonyl (C=O) groups excluding carboxylic acids is 1. The third-order valence-electron chi connectivity index (χ3n) is 5.07. The zero-order chi connectivity index (χ0) is 19.7. The molecule has 0 N–H and O–H groups in total. The van der Waals surface area contributed by atoms with Gasteiger partial charge < -0.3 is 0 Å². The predicted molar refractivity (Wildman–Crippen MR) is 113 cm³/mol. The number of benzene rings is 2. The van der Waals surface area contributed by atoms with Gasteiger partial charge in [0.15, 0.2) is 5.78 Å². The monoisotopic (exact) mass is 390 g/mol. The van der Waals surface area contributed by atoms with E-state index >= 15 is 0 Å². The normalized spacial score (nSPS) is 12.8. The average molecular weight is 391 g/mol. The fourth-order valence-electron chi connectivity index (χ4n) is 3.73. The van der Waals surface area contributed by atoms with Gasteiger partial charge in [-0.15, -0.1) is 11.8 Å². The second kappa shape index (κ2) is 7.76. The molecule has 1 aromatic heterocycles. The van der Waals surface area contributed by atoms with Crippen LogP contribution in [0.15, 0.2) is 58.4 Å². The molecule has 0 bridgehead atoms. The van der Waals surface area contributed by atoms with Crippen molar-refractivity contribution in [3.8, 4) is 5.69 Å². The number of rotatable bonds is 5. The highest BCUT2D eigenvalue weighted by molar-refractivity contribution is 7.98. The molecule has 0 radical (unpaired) electrons. The van der Waals surface area contributed by atoms with Gasteiger partial charge in [-0.2, -0.15) is 4.98 Å². The van der Waals surface area contributed by atoms with Gasteiger partial charge >= 0.3 is 5.69 Å². The molecule has 1 aliphatic rings. The lowest BCUT2D eigenvalue weighted by atomic mass is 10.1. The Labute approximate surface area is 168 Å². The van der Waals surface area contributed by atoms with Crippen LogP contribution in [0.5, 0.6) is 0 Å². The van der Waals surface area contributed by atoms with Gasteiger partial charge in [-0.05, 0) is 50.8 Å². The first-order chi connectivity index (χ1) is 13.5. The quantitative estimate of drug-likeness (QED) is 0.365. The van der Waals surface area contributed by atoms with Crippen LogP contribution in [-0.4, -0.2) is 15.3 Å². The van der Waals surface area contributed by atoms with Gasteiger partial charge in [0.1, 0.15) is 5.03 Å². The minimum absolute atomic E-state index is 0.00941. The van der Waals surface area contributed by atoms with Crippen LogP contribution in [0.2, 0.25) is 0 Å². The van der Waals surface area contributed by atoms with Crippen LogP contribution in [0.3, 0.4) is 0 Å². The van der Waals surface area contributed by atoms with Gasteiger partial charge in [-0.3, -0.25) is 9.36 Å². The number of nitrogens with zero attached hydrogens (tertiary/aromatic N) is 2. The summed E-state index contributed by atoms with van der Waals surface area (Å²) in [7, 11) is 0. The summed E-state index contributed by atoms with van der Waals surface area (Å²) in [5, 5.41) is 0.845. The summed E-state index contributed by atoms with van der Waals surface area (Å²) in [5.74, 6) is 0.787. The molecular weight excluding hydrogens is 368 g/mol. The topological polar surface area (TPSA) is 52.0 Å². The van der Waals surface area contributed by atoms with Gasteiger partial charge in [0.05, 0.1) is 5.69 Å². The largest absolute Gasteiger partial charge is 0.353 e. The van der Waals surface area contributed by atoms with Crippen molar-refractivity contribution in [2.24, 2.45) is 0 Å². The fraction of sp³-hybridized carbons (Fsp3) is 0.261. The average Bonchev–Trinajstić information content (AvgIpc) is 3.16. The Morgan fingerprint density at radius 2 is 1.96 bits per heavy atom. The summed E-state index contributed by atoms with van der Waals surface area (Å²) in [6, 6.07) is 15.7. The zero-order valence-electron chi connectivity index (χ0n) is 16.1. The van der Waals surface area contributed by atoms with Gasteiger partial charge in [0, 0.05) is 22.6 Å². The highest BCUT2D eigenvalue weighted by Crippen LogP contribution is 2.32. The van der Waals surface area contributed by atoms with Crippen molar-refractivity contribution in [3.63, 3.8) is 0 Å². The lowest BCUT2D eigenvalue weighted by molar-refractivity contribution is 0.101. The van der Waals surface area contributed by atoms with Gasteiger partial charge in [-0.1, -0.05) is 42.0 Å². The maximum absolute atomic E-state index is 12.9. The summed E-state index contributed by atoms with van der Waals surface area (Å²) >= 11 is 1.64. The summed E-state index contributed by atoms with van der Waals surface area (Å²) < 4.78 is 1.69. The lowest BCUT2D eigenvalue weighted by Crippen LogP contribution is -2.26. The molecule has 1 aliphatic carbocycles. The van der Waals surface area contributed by atoms with E-state index in [2.05, 4.69) is 36.2 Å². The van der Waals surface area contributed by atoms with Gasteiger partial charge in [0.25, 0.3) is 0 Å². The van der Waals surface area contributed by atoms with Crippen molar-refractivity contribution in [1.29, 1.82) is 0 Å². The first-order valence-electron chi connectivity index (χ1n) is 9.47. The summed E-state index contributed by atoms with van der Waals surface area (Å²) in [4.78, 5) is 29.1. The highest BCUT2D eigenvalue weighted by Gasteiger charge is 2.23. The van der Waals surface area contributed by atoms with Crippen LogP contribution in [0.1, 0.15) is 46.1 Å². The van der Waals surface area contributed by atoms with E-state index in [-0.39, 0.29) is 11.5 Å². The number of carbonyl (C=O) groups is 1. The van der Waals surface area contributed by atoms with Crippen LogP contribution in [0.4, 0.5) is 0 Å². The van der Waals surface area contributed by atoms with Crippen LogP contribution in [0, 0.1) is 6.92 Å². The SMILES string of the molecule is CC(=O)c1cccc(-n2c3c(c(SCc4cccc(C)c4)nc2=O)CCC3)c1. The maximum Gasteiger partial charge on any atom is 0.353 e. The molecule has 4 nitrogen and oxygen atoms in total. The lowest BCUT2D eigenvalue weighted by Gasteiger charge is -2.15. The Hall–Kier alpha value is -2.66. The van der Waals surface area contributed by atoms with Crippen LogP contribution >= 0.6 is 11.8 Å². The van der Waals surface area contributed by atoms with E-state index in [1.807, 2.05) is 12.1 Å². The molecule has 0 fully saturated rings. The molecular formula is C23H22N2O2S. The molecule has 1 heterocycles. The summed E-state index contributed by atoms with van der Waals surface area (Å²) in [6.07, 6.45) is 2.81. The Morgan fingerprint density at radius 1 is 1.14 bits per heavy atom. The minimum atomic E-state index is -0.270. The molecule has 0 saturated carbocycles. The maximum atomic E-state index is 12.9. The molecule has 4 rings (SSSR count). The Balaban J connectivity index is 1.72. The van der Waals surface area contributed by atoms with Crippen molar-refractivity contribution >= 4 is 17.5 Å². The first-order valence-corrected chi connectivity index (χ1v) is 10.5. The van der Waals surface area contributed by atoms with E-state index in [0.717, 1.165) is 41.4 Å². The third kappa shape index (κ3) is 3.67. The van der Waals surface area contributed by atoms with E-state index in [1.54, 1.807) is 28.5 Å². The number of thioether (sulfide) groups is 1. The molecule has 0 aliphatic heterocycles. The number of hydrogen-bond acceptors (Lipinski definition) is 4. The number of Topliss-reactive ketones (excluding diaryl/α,β-unsaturated/α-hetero) is 1. The Kier molecular flexibility index (Phi) is 5.18. The van der Waals surface area contributed by atoms with E-state index < -0.39 is 0 Å². The van der Waals surface area contributed by atoms with Crippen molar-refractivity contribution < 1.29 is 4.79 Å². The van der Waals surface area contributed by atoms with Crippen molar-refractivity contribution in [3.05, 3.63) is 87.0 Å². The molecule has 0 saturated heterocycles. The number of ketones is 1. The Bertz CT molecular complexity index is 1120. The fourth-order valence-corrected chi connectivity index (χ4v) is 4.75. The number of hydrogen-bond donors (Lipinski definition) is 0. The number of aryl methyl sites for hydroxylation is 1. The smallest absolute Gasteiger partial charge is 0.295 e. The molecule has 0 unspecified atom stereocenters. The van der Waals surface area contributed by atoms with Crippen LogP contribution < -0.4 is 5.69 Å². The molecule has 5 heteroatoms. The summed E-state index contributed by atoms with van der Waals surface area (Å²) in [6.45, 7) is 3.62. The van der Waals surface area contributed by atoms with Gasteiger partial charge in [0.2, 0.25) is 0 Å². The van der Waals surface area contributed by atoms with Crippen molar-refractivity contribution in [1.82, 2.24) is 9.55 Å². The first kappa shape index (κ1) is 18.7. The molecule has 0 amide bonds. The van der Waals surface area contributed by atoms with E-state index in [4.69, 9.17) is 0 Å². The van der Waals surface area contributed by atoms with Crippen molar-refractivity contribution in [2.75, 3.05) is 0 Å². The molecule has 28 heavy (non-hydrogen) atoms. The minimum Gasteiger partial charge on any atom is -0.295 e. The van der Waals surface area contributed by atoms with Crippen molar-refractivity contribution in [2.45, 2.75) is 43.9 Å². The highest BCUT2D eigenvalue weighted by atomic mass is 32.2. The van der Waals surface area contributed by atoms with Gasteiger partial charge in [-0.25, -0.2) is 4.79 Å². The summed E-state index contributed by atoms with van der Waals surface area (Å²) in [5.41, 5.74) is 5.73. The molecule has 0 atom stereocenters. The Morgan fingerprint density at radius 3 is 2.75 bits per heavy atom. The molecule has 0 spiro atoms. The standard InChI is InChI=1S/C23H22N2O2S/c1-15-6-3-7-17(12-15)14-28-22-20-10-5-11-21(20)25(23(27)24-22)19-9-4-8-18(13-19)16(2)26/h3-4,6-9,12-13H,5,10-11,14H2,1-2H3. The molecule has 142 valence electrons. The second-order valence-corrected chi connectivity index (χ2v) is 8.16. The second-order valence-electron chi connectivity index (χ2n) is 7.20. The molecule has 3 aromatic rings. The molecule has 2 aromatic carbocycles. The zero-order valence-corrected chi connectivity index (χ0v) is 16.9. The predicted octanol–water partition coefficient (Wildman–Crippen LogP) is 4.52. The number of fused-ring (bicyclic) bond motifs is 1.